The van der Waals surface area contributed by atoms with E-state index in [9.17, 15) is 14.5 Å². The van der Waals surface area contributed by atoms with Gasteiger partial charge in [-0.15, -0.1) is 4.91 Å². The van der Waals surface area contributed by atoms with Gasteiger partial charge < -0.3 is 20.1 Å². The van der Waals surface area contributed by atoms with Gasteiger partial charge in [0.1, 0.15) is 12.0 Å². The molecule has 0 aliphatic rings. The zero-order valence-electron chi connectivity index (χ0n) is 16.3. The summed E-state index contributed by atoms with van der Waals surface area (Å²) < 4.78 is 0. The number of aldehydes is 1. The first-order chi connectivity index (χ1) is 13.6. The molecule has 7 nitrogen and oxygen atoms in total. The Hall–Kier alpha value is -3.22. The Morgan fingerprint density at radius 3 is 2.71 bits per heavy atom. The Bertz CT molecular complexity index is 754. The SMILES string of the molecule is C/C=C\CNc1c(N=O)cccc1C(=O)N(C/C=C/O)C/C=C(\C)CCC=O. The molecule has 28 heavy (non-hydrogen) atoms. The number of aliphatic hydroxyl groups excluding tert-OH is 1. The maximum Gasteiger partial charge on any atom is 0.256 e. The molecule has 0 spiro atoms. The molecule has 0 saturated carbocycles. The third kappa shape index (κ3) is 7.19. The van der Waals surface area contributed by atoms with E-state index in [1.165, 1.54) is 11.0 Å². The van der Waals surface area contributed by atoms with Gasteiger partial charge in [-0.2, -0.15) is 0 Å². The lowest BCUT2D eigenvalue weighted by molar-refractivity contribution is -0.107. The second-order valence-corrected chi connectivity index (χ2v) is 6.09. The van der Waals surface area contributed by atoms with Crippen LogP contribution in [0.1, 0.15) is 37.0 Å². The van der Waals surface area contributed by atoms with Crippen molar-refractivity contribution in [3.05, 3.63) is 64.8 Å². The molecule has 150 valence electrons. The fraction of sp³-hybridized carbons (Fsp3) is 0.333. The number of nitrogens with zero attached hydrogens (tertiary/aromatic N) is 2. The molecule has 0 aliphatic heterocycles. The highest BCUT2D eigenvalue weighted by Gasteiger charge is 2.20. The van der Waals surface area contributed by atoms with Crippen LogP contribution in [-0.4, -0.2) is 41.8 Å². The van der Waals surface area contributed by atoms with Crippen molar-refractivity contribution < 1.29 is 14.7 Å². The summed E-state index contributed by atoms with van der Waals surface area (Å²) in [6, 6.07) is 4.78. The molecule has 1 amide bonds. The number of rotatable bonds is 12. The van der Waals surface area contributed by atoms with Crippen molar-refractivity contribution in [2.75, 3.05) is 25.0 Å². The number of carbonyl (C=O) groups is 2. The summed E-state index contributed by atoms with van der Waals surface area (Å²) in [6.07, 6.45) is 9.86. The van der Waals surface area contributed by atoms with Crippen LogP contribution in [0.25, 0.3) is 0 Å². The highest BCUT2D eigenvalue weighted by atomic mass is 16.3. The summed E-state index contributed by atoms with van der Waals surface area (Å²) in [5.74, 6) is -0.300. The molecular formula is C21H27N3O4. The van der Waals surface area contributed by atoms with Crippen LogP contribution in [-0.2, 0) is 4.79 Å². The van der Waals surface area contributed by atoms with Crippen molar-refractivity contribution in [3.8, 4) is 0 Å². The van der Waals surface area contributed by atoms with Gasteiger partial charge in [-0.3, -0.25) is 4.79 Å². The van der Waals surface area contributed by atoms with Crippen LogP contribution in [0.2, 0.25) is 0 Å². The Balaban J connectivity index is 3.16. The van der Waals surface area contributed by atoms with Crippen LogP contribution in [0.15, 0.2) is 59.5 Å². The van der Waals surface area contributed by atoms with Gasteiger partial charge in [-0.25, -0.2) is 0 Å². The van der Waals surface area contributed by atoms with E-state index < -0.39 is 0 Å². The van der Waals surface area contributed by atoms with Crippen LogP contribution >= 0.6 is 0 Å². The van der Waals surface area contributed by atoms with Gasteiger partial charge in [0, 0.05) is 26.1 Å². The first-order valence-corrected chi connectivity index (χ1v) is 9.08. The topological polar surface area (TPSA) is 99.1 Å². The van der Waals surface area contributed by atoms with Crippen molar-refractivity contribution in [1.29, 1.82) is 0 Å². The Morgan fingerprint density at radius 2 is 2.07 bits per heavy atom. The van der Waals surface area contributed by atoms with E-state index in [0.717, 1.165) is 18.1 Å². The Labute approximate surface area is 165 Å². The fourth-order valence-corrected chi connectivity index (χ4v) is 2.50. The van der Waals surface area contributed by atoms with E-state index in [2.05, 4.69) is 10.5 Å². The number of hydrogen-bond donors (Lipinski definition) is 2. The van der Waals surface area contributed by atoms with E-state index >= 15 is 0 Å². The molecule has 1 rings (SSSR count). The fourth-order valence-electron chi connectivity index (χ4n) is 2.50. The maximum atomic E-state index is 13.1. The lowest BCUT2D eigenvalue weighted by atomic mass is 10.1. The molecular weight excluding hydrogens is 358 g/mol. The standard InChI is InChI=1S/C21H27N3O4/c1-3-4-12-22-20-18(9-5-10-19(20)23-28)21(27)24(13-7-16-26)14-11-17(2)8-6-15-25/h3-5,7,9-11,15-16,22,26H,6,8,12-14H2,1-2H3/b4-3-,16-7+,17-11+. The molecule has 1 aromatic carbocycles. The van der Waals surface area contributed by atoms with Gasteiger partial charge in [-0.05, 0) is 43.7 Å². The molecule has 0 unspecified atom stereocenters. The molecule has 2 N–H and O–H groups in total. The molecule has 0 aliphatic carbocycles. The summed E-state index contributed by atoms with van der Waals surface area (Å²) in [6.45, 7) is 4.72. The highest BCUT2D eigenvalue weighted by molar-refractivity contribution is 6.02. The zero-order valence-corrected chi connectivity index (χ0v) is 16.3. The molecule has 0 aromatic heterocycles. The lowest BCUT2D eigenvalue weighted by Gasteiger charge is -2.22. The van der Waals surface area contributed by atoms with Crippen molar-refractivity contribution >= 4 is 23.6 Å². The monoisotopic (exact) mass is 385 g/mol. The van der Waals surface area contributed by atoms with Crippen molar-refractivity contribution in [1.82, 2.24) is 4.90 Å². The number of para-hydroxylation sites is 1. The number of nitrogens with one attached hydrogen (secondary N) is 1. The van der Waals surface area contributed by atoms with E-state index in [1.54, 1.807) is 18.2 Å². The minimum Gasteiger partial charge on any atom is -0.516 e. The van der Waals surface area contributed by atoms with Gasteiger partial charge in [0.05, 0.1) is 17.5 Å². The summed E-state index contributed by atoms with van der Waals surface area (Å²) in [5.41, 5.74) is 1.85. The second kappa shape index (κ2) is 13.0. The normalized spacial score (nSPS) is 11.7. The number of carbonyl (C=O) groups excluding carboxylic acids is 2. The molecule has 0 radical (unpaired) electrons. The summed E-state index contributed by atoms with van der Waals surface area (Å²) in [5, 5.41) is 15.1. The molecule has 0 heterocycles. The number of aliphatic hydroxyl groups is 1. The predicted octanol–water partition coefficient (Wildman–Crippen LogP) is 4.51. The van der Waals surface area contributed by atoms with E-state index in [1.807, 2.05) is 32.1 Å². The third-order valence-electron chi connectivity index (χ3n) is 4.04. The lowest BCUT2D eigenvalue weighted by Crippen LogP contribution is -2.32. The first-order valence-electron chi connectivity index (χ1n) is 9.08. The number of allylic oxidation sites excluding steroid dienone is 2. The quantitative estimate of drug-likeness (QED) is 0.239. The summed E-state index contributed by atoms with van der Waals surface area (Å²) >= 11 is 0. The molecule has 7 heteroatoms. The van der Waals surface area contributed by atoms with E-state index in [0.29, 0.717) is 37.2 Å². The number of anilines is 1. The number of amides is 1. The van der Waals surface area contributed by atoms with Crippen LogP contribution in [0.3, 0.4) is 0 Å². The van der Waals surface area contributed by atoms with Crippen molar-refractivity contribution in [2.24, 2.45) is 5.18 Å². The minimum atomic E-state index is -0.300. The number of nitroso groups, excluding NO2 is 1. The number of benzene rings is 1. The van der Waals surface area contributed by atoms with Crippen LogP contribution in [0.5, 0.6) is 0 Å². The van der Waals surface area contributed by atoms with Crippen molar-refractivity contribution in [2.45, 2.75) is 26.7 Å². The average molecular weight is 385 g/mol. The van der Waals surface area contributed by atoms with Gasteiger partial charge >= 0.3 is 0 Å². The molecule has 0 fully saturated rings. The Kier molecular flexibility index (Phi) is 10.6. The van der Waals surface area contributed by atoms with Gasteiger partial charge in [0.15, 0.2) is 0 Å². The van der Waals surface area contributed by atoms with E-state index in [-0.39, 0.29) is 18.1 Å². The largest absolute Gasteiger partial charge is 0.516 e. The van der Waals surface area contributed by atoms with Crippen molar-refractivity contribution in [3.63, 3.8) is 0 Å². The molecule has 0 bridgehead atoms. The highest BCUT2D eigenvalue weighted by Crippen LogP contribution is 2.29. The van der Waals surface area contributed by atoms with Crippen LogP contribution < -0.4 is 5.32 Å². The van der Waals surface area contributed by atoms with Crippen LogP contribution in [0.4, 0.5) is 11.4 Å². The third-order valence-corrected chi connectivity index (χ3v) is 4.04. The summed E-state index contributed by atoms with van der Waals surface area (Å²) in [4.78, 5) is 36.3. The molecule has 1 aromatic rings. The predicted molar refractivity (Wildman–Crippen MR) is 112 cm³/mol. The second-order valence-electron chi connectivity index (χ2n) is 6.09. The number of hydrogen-bond acceptors (Lipinski definition) is 6. The molecule has 0 saturated heterocycles. The first kappa shape index (κ1) is 22.8. The average Bonchev–Trinajstić information content (AvgIpc) is 2.72. The maximum absolute atomic E-state index is 13.1. The summed E-state index contributed by atoms with van der Waals surface area (Å²) in [7, 11) is 0. The molecule has 0 atom stereocenters. The zero-order chi connectivity index (χ0) is 20.8. The minimum absolute atomic E-state index is 0.158. The van der Waals surface area contributed by atoms with Gasteiger partial charge in [0.2, 0.25) is 0 Å². The smallest absolute Gasteiger partial charge is 0.256 e. The van der Waals surface area contributed by atoms with Crippen LogP contribution in [0, 0.1) is 4.91 Å². The van der Waals surface area contributed by atoms with Gasteiger partial charge in [-0.1, -0.05) is 29.9 Å². The van der Waals surface area contributed by atoms with E-state index in [4.69, 9.17) is 5.11 Å². The Morgan fingerprint density at radius 1 is 1.29 bits per heavy atom. The van der Waals surface area contributed by atoms with Gasteiger partial charge in [0.25, 0.3) is 5.91 Å².